The lowest BCUT2D eigenvalue weighted by molar-refractivity contribution is 0.0572. The first-order chi connectivity index (χ1) is 9.28. The minimum absolute atomic E-state index is 0.000474. The predicted octanol–water partition coefficient (Wildman–Crippen LogP) is 1.77. The summed E-state index contributed by atoms with van der Waals surface area (Å²) in [4.78, 5) is 1.99. The molecule has 1 heterocycles. The van der Waals surface area contributed by atoms with Gasteiger partial charge in [-0.1, -0.05) is 17.7 Å². The summed E-state index contributed by atoms with van der Waals surface area (Å²) in [6, 6.07) is 5.75. The van der Waals surface area contributed by atoms with E-state index < -0.39 is 12.2 Å². The Kier molecular flexibility index (Phi) is 4.59. The Morgan fingerprint density at radius 1 is 1.25 bits per heavy atom. The summed E-state index contributed by atoms with van der Waals surface area (Å²) in [6.07, 6.45) is -1.39. The van der Waals surface area contributed by atoms with Gasteiger partial charge in [0.1, 0.15) is 0 Å². The number of benzene rings is 1. The van der Waals surface area contributed by atoms with Crippen molar-refractivity contribution in [2.45, 2.75) is 45.1 Å². The van der Waals surface area contributed by atoms with Crippen molar-refractivity contribution < 1.29 is 10.2 Å². The molecule has 1 aliphatic heterocycles. The van der Waals surface area contributed by atoms with Crippen LogP contribution in [0, 0.1) is 0 Å². The number of hydrogen-bond acceptors (Lipinski definition) is 4. The van der Waals surface area contributed by atoms with E-state index in [4.69, 9.17) is 11.6 Å². The number of aliphatic hydroxyl groups excluding tert-OH is 2. The first kappa shape index (κ1) is 15.6. The highest BCUT2D eigenvalue weighted by molar-refractivity contribution is 6.31. The Hall–Kier alpha value is -0.810. The second-order valence-electron chi connectivity index (χ2n) is 6.38. The fourth-order valence-corrected chi connectivity index (χ4v) is 2.57. The van der Waals surface area contributed by atoms with Crippen molar-refractivity contribution in [3.63, 3.8) is 0 Å². The molecule has 2 atom stereocenters. The van der Waals surface area contributed by atoms with Gasteiger partial charge in [-0.3, -0.25) is 0 Å². The smallest absolute Gasteiger partial charge is 0.0990 e. The van der Waals surface area contributed by atoms with Crippen LogP contribution in [-0.2, 0) is 6.54 Å². The Morgan fingerprint density at radius 2 is 1.85 bits per heavy atom. The molecule has 0 aromatic heterocycles. The highest BCUT2D eigenvalue weighted by Crippen LogP contribution is 2.30. The van der Waals surface area contributed by atoms with Crippen LogP contribution in [0.3, 0.4) is 0 Å². The van der Waals surface area contributed by atoms with E-state index in [1.165, 1.54) is 0 Å². The topological polar surface area (TPSA) is 55.7 Å². The second kappa shape index (κ2) is 5.90. The maximum atomic E-state index is 9.71. The Labute approximate surface area is 125 Å². The lowest BCUT2D eigenvalue weighted by Gasteiger charge is -2.26. The van der Waals surface area contributed by atoms with E-state index in [9.17, 15) is 10.2 Å². The second-order valence-corrected chi connectivity index (χ2v) is 6.79. The first-order valence-corrected chi connectivity index (χ1v) is 7.29. The lowest BCUT2D eigenvalue weighted by Crippen LogP contribution is -2.35. The number of nitrogens with zero attached hydrogens (tertiary/aromatic N) is 1. The van der Waals surface area contributed by atoms with Crippen molar-refractivity contribution in [2.75, 3.05) is 18.0 Å². The third-order valence-electron chi connectivity index (χ3n) is 3.49. The van der Waals surface area contributed by atoms with E-state index in [1.807, 2.05) is 23.1 Å². The zero-order chi connectivity index (χ0) is 14.9. The van der Waals surface area contributed by atoms with Crippen molar-refractivity contribution in [1.29, 1.82) is 0 Å². The van der Waals surface area contributed by atoms with Crippen molar-refractivity contribution >= 4 is 17.3 Å². The van der Waals surface area contributed by atoms with Gasteiger partial charge < -0.3 is 20.4 Å². The summed E-state index contributed by atoms with van der Waals surface area (Å²) >= 11 is 6.32. The van der Waals surface area contributed by atoms with Gasteiger partial charge >= 0.3 is 0 Å². The Bertz CT molecular complexity index is 463. The van der Waals surface area contributed by atoms with Gasteiger partial charge in [0.2, 0.25) is 0 Å². The quantitative estimate of drug-likeness (QED) is 0.796. The van der Waals surface area contributed by atoms with Crippen LogP contribution < -0.4 is 10.2 Å². The molecule has 0 spiro atoms. The molecule has 2 rings (SSSR count). The maximum Gasteiger partial charge on any atom is 0.0990 e. The van der Waals surface area contributed by atoms with Crippen LogP contribution in [0.2, 0.25) is 5.02 Å². The first-order valence-electron chi connectivity index (χ1n) is 6.91. The van der Waals surface area contributed by atoms with E-state index in [1.54, 1.807) is 0 Å². The van der Waals surface area contributed by atoms with Crippen molar-refractivity contribution in [3.8, 4) is 0 Å². The predicted molar refractivity (Wildman–Crippen MR) is 82.3 cm³/mol. The largest absolute Gasteiger partial charge is 0.389 e. The molecular weight excluding hydrogens is 276 g/mol. The summed E-state index contributed by atoms with van der Waals surface area (Å²) in [6.45, 7) is 7.84. The van der Waals surface area contributed by atoms with Gasteiger partial charge in [0.05, 0.1) is 12.2 Å². The molecule has 1 aromatic carbocycles. The number of hydrogen-bond donors (Lipinski definition) is 3. The molecule has 5 heteroatoms. The van der Waals surface area contributed by atoms with E-state index >= 15 is 0 Å². The molecule has 1 saturated heterocycles. The number of nitrogens with one attached hydrogen (secondary N) is 1. The summed E-state index contributed by atoms with van der Waals surface area (Å²) in [5.41, 5.74) is 1.98. The van der Waals surface area contributed by atoms with Crippen molar-refractivity contribution in [2.24, 2.45) is 0 Å². The van der Waals surface area contributed by atoms with Crippen LogP contribution in [0.25, 0.3) is 0 Å². The third-order valence-corrected chi connectivity index (χ3v) is 3.84. The Balaban J connectivity index is 2.23. The minimum atomic E-state index is -0.697. The van der Waals surface area contributed by atoms with E-state index in [0.717, 1.165) is 11.3 Å². The molecule has 0 aliphatic carbocycles. The van der Waals surface area contributed by atoms with Crippen molar-refractivity contribution in [1.82, 2.24) is 5.32 Å². The van der Waals surface area contributed by atoms with Crippen LogP contribution in [0.15, 0.2) is 18.2 Å². The molecule has 0 bridgehead atoms. The van der Waals surface area contributed by atoms with Gasteiger partial charge in [-0.25, -0.2) is 0 Å². The van der Waals surface area contributed by atoms with E-state index in [0.29, 0.717) is 24.7 Å². The highest BCUT2D eigenvalue weighted by Gasteiger charge is 2.31. The molecular formula is C15H23ClN2O2. The average molecular weight is 299 g/mol. The summed E-state index contributed by atoms with van der Waals surface area (Å²) < 4.78 is 0. The number of β-amino-alcohol motifs (C(OH)–C–C–N with tert-alkyl or cyclic N) is 2. The monoisotopic (exact) mass is 298 g/mol. The zero-order valence-electron chi connectivity index (χ0n) is 12.2. The summed E-state index contributed by atoms with van der Waals surface area (Å²) in [5.74, 6) is 0. The highest BCUT2D eigenvalue weighted by atomic mass is 35.5. The summed E-state index contributed by atoms with van der Waals surface area (Å²) in [7, 11) is 0. The molecule has 1 aliphatic rings. The fraction of sp³-hybridized carbons (Fsp3) is 0.600. The van der Waals surface area contributed by atoms with Crippen LogP contribution in [0.1, 0.15) is 26.3 Å². The van der Waals surface area contributed by atoms with Crippen LogP contribution in [0.4, 0.5) is 5.69 Å². The van der Waals surface area contributed by atoms with Gasteiger partial charge in [0.15, 0.2) is 0 Å². The molecule has 0 amide bonds. The maximum absolute atomic E-state index is 9.71. The van der Waals surface area contributed by atoms with Gasteiger partial charge in [-0.2, -0.15) is 0 Å². The third kappa shape index (κ3) is 3.64. The lowest BCUT2D eigenvalue weighted by atomic mass is 10.1. The van der Waals surface area contributed by atoms with Gasteiger partial charge in [-0.05, 0) is 32.9 Å². The molecule has 112 valence electrons. The molecule has 4 nitrogen and oxygen atoms in total. The van der Waals surface area contributed by atoms with E-state index in [-0.39, 0.29) is 5.54 Å². The van der Waals surface area contributed by atoms with E-state index in [2.05, 4.69) is 26.1 Å². The summed E-state index contributed by atoms with van der Waals surface area (Å²) in [5, 5.41) is 23.5. The van der Waals surface area contributed by atoms with Crippen LogP contribution >= 0.6 is 11.6 Å². The molecule has 1 aromatic rings. The molecule has 1 fully saturated rings. The van der Waals surface area contributed by atoms with Gasteiger partial charge in [-0.15, -0.1) is 0 Å². The normalized spacial score (nSPS) is 23.4. The molecule has 0 saturated carbocycles. The number of halogens is 1. The van der Waals surface area contributed by atoms with Crippen LogP contribution in [-0.4, -0.2) is 41.0 Å². The van der Waals surface area contributed by atoms with Crippen molar-refractivity contribution in [3.05, 3.63) is 28.8 Å². The van der Waals surface area contributed by atoms with Gasteiger partial charge in [0, 0.05) is 41.4 Å². The standard InChI is InChI=1S/C15H23ClN2O2/c1-15(2,3)17-7-10-11(16)5-4-6-12(10)18-8-13(19)14(20)9-18/h4-6,13-14,17,19-20H,7-9H2,1-3H3. The molecule has 2 unspecified atom stereocenters. The van der Waals surface area contributed by atoms with Crippen LogP contribution in [0.5, 0.6) is 0 Å². The molecule has 3 N–H and O–H groups in total. The number of rotatable bonds is 3. The zero-order valence-corrected chi connectivity index (χ0v) is 13.0. The minimum Gasteiger partial charge on any atom is -0.389 e. The fourth-order valence-electron chi connectivity index (χ4n) is 2.34. The number of aliphatic hydroxyl groups is 2. The number of anilines is 1. The SMILES string of the molecule is CC(C)(C)NCc1c(Cl)cccc1N1CC(O)C(O)C1. The average Bonchev–Trinajstić information content (AvgIpc) is 2.66. The molecule has 0 radical (unpaired) electrons. The molecule has 20 heavy (non-hydrogen) atoms. The van der Waals surface area contributed by atoms with Gasteiger partial charge in [0.25, 0.3) is 0 Å². The Morgan fingerprint density at radius 3 is 2.40 bits per heavy atom.